The summed E-state index contributed by atoms with van der Waals surface area (Å²) < 4.78 is 28.3. The quantitative estimate of drug-likeness (QED) is 0.105. The normalized spacial score (nSPS) is 11.3. The van der Waals surface area contributed by atoms with Crippen LogP contribution in [0, 0.1) is 0 Å². The Morgan fingerprint density at radius 1 is 0.673 bits per heavy atom. The average Bonchev–Trinajstić information content (AvgIpc) is 3.15. The van der Waals surface area contributed by atoms with Gasteiger partial charge in [0.25, 0.3) is 0 Å². The van der Waals surface area contributed by atoms with Crippen molar-refractivity contribution >= 4 is 11.9 Å². The Hall–Kier alpha value is -5.76. The van der Waals surface area contributed by atoms with Crippen molar-refractivity contribution in [3.05, 3.63) is 149 Å². The van der Waals surface area contributed by atoms with Crippen LogP contribution in [-0.4, -0.2) is 44.7 Å². The number of hydrogen-bond acceptors (Lipinski definition) is 7. The second-order valence-corrected chi connectivity index (χ2v) is 11.5. The lowest BCUT2D eigenvalue weighted by Crippen LogP contribution is -2.36. The van der Waals surface area contributed by atoms with E-state index in [2.05, 4.69) is 6.92 Å². The molecule has 5 aromatic carbocycles. The molecule has 0 heterocycles. The van der Waals surface area contributed by atoms with Gasteiger partial charge in [-0.05, 0) is 78.1 Å². The van der Waals surface area contributed by atoms with Crippen molar-refractivity contribution in [2.75, 3.05) is 27.9 Å². The van der Waals surface area contributed by atoms with Crippen molar-refractivity contribution in [1.29, 1.82) is 0 Å². The summed E-state index contributed by atoms with van der Waals surface area (Å²) in [5.41, 5.74) is 4.30. The molecular weight excluding hydrogens is 618 g/mol. The third-order valence-corrected chi connectivity index (χ3v) is 8.22. The molecule has 1 atom stereocenters. The van der Waals surface area contributed by atoms with Crippen molar-refractivity contribution in [2.45, 2.75) is 32.4 Å². The summed E-state index contributed by atoms with van der Waals surface area (Å²) >= 11 is 0. The van der Waals surface area contributed by atoms with Gasteiger partial charge in [0, 0.05) is 6.54 Å². The van der Waals surface area contributed by atoms with Crippen LogP contribution in [-0.2, 0) is 29.0 Å². The Kier molecular flexibility index (Phi) is 11.9. The fourth-order valence-electron chi connectivity index (χ4n) is 5.56. The van der Waals surface area contributed by atoms with Gasteiger partial charge in [-0.25, -0.2) is 4.79 Å². The highest BCUT2D eigenvalue weighted by molar-refractivity contribution is 5.89. The van der Waals surface area contributed by atoms with E-state index >= 15 is 0 Å². The molecule has 0 radical (unpaired) electrons. The molecule has 5 rings (SSSR count). The van der Waals surface area contributed by atoms with Crippen LogP contribution in [0.3, 0.4) is 0 Å². The summed E-state index contributed by atoms with van der Waals surface area (Å²) in [5.74, 6) is 2.33. The minimum Gasteiger partial charge on any atom is -0.493 e. The molecule has 0 aliphatic rings. The number of esters is 1. The van der Waals surface area contributed by atoms with Gasteiger partial charge in [0.1, 0.15) is 18.1 Å². The first kappa shape index (κ1) is 34.6. The van der Waals surface area contributed by atoms with Crippen LogP contribution in [0.25, 0.3) is 0 Å². The van der Waals surface area contributed by atoms with Gasteiger partial charge in [0.05, 0.1) is 39.4 Å². The molecule has 0 spiro atoms. The lowest BCUT2D eigenvalue weighted by molar-refractivity contribution is -0.132. The van der Waals surface area contributed by atoms with Crippen LogP contribution in [0.2, 0.25) is 0 Å². The van der Waals surface area contributed by atoms with Crippen molar-refractivity contribution in [3.63, 3.8) is 0 Å². The summed E-state index contributed by atoms with van der Waals surface area (Å²) in [6, 6.07) is 37.9. The van der Waals surface area contributed by atoms with Crippen LogP contribution in [0.4, 0.5) is 0 Å². The Labute approximate surface area is 287 Å². The first-order chi connectivity index (χ1) is 23.9. The Morgan fingerprint density at radius 2 is 1.37 bits per heavy atom. The fraction of sp³-hybridized carbons (Fsp3) is 0.220. The van der Waals surface area contributed by atoms with Crippen LogP contribution in [0.15, 0.2) is 121 Å². The monoisotopic (exact) mass is 659 g/mol. The molecule has 8 nitrogen and oxygen atoms in total. The third kappa shape index (κ3) is 9.20. The minimum atomic E-state index is -0.434. The van der Waals surface area contributed by atoms with E-state index in [0.717, 1.165) is 22.3 Å². The fourth-order valence-corrected chi connectivity index (χ4v) is 5.56. The predicted octanol–water partition coefficient (Wildman–Crippen LogP) is 8.24. The van der Waals surface area contributed by atoms with Gasteiger partial charge < -0.3 is 28.6 Å². The summed E-state index contributed by atoms with van der Waals surface area (Å²) in [5, 5.41) is 0. The van der Waals surface area contributed by atoms with E-state index in [-0.39, 0.29) is 18.4 Å². The smallest absolute Gasteiger partial charge is 0.337 e. The summed E-state index contributed by atoms with van der Waals surface area (Å²) in [7, 11) is 4.54. The summed E-state index contributed by atoms with van der Waals surface area (Å²) in [4.78, 5) is 27.8. The lowest BCUT2D eigenvalue weighted by atomic mass is 10.0. The highest BCUT2D eigenvalue weighted by Crippen LogP contribution is 2.39. The number of hydrogen-bond donors (Lipinski definition) is 0. The number of methoxy groups -OCH3 is 3. The molecule has 252 valence electrons. The molecule has 0 saturated heterocycles. The van der Waals surface area contributed by atoms with Gasteiger partial charge >= 0.3 is 5.97 Å². The summed E-state index contributed by atoms with van der Waals surface area (Å²) in [6.07, 6.45) is 0.787. The van der Waals surface area contributed by atoms with Crippen LogP contribution in [0.1, 0.15) is 45.6 Å². The van der Waals surface area contributed by atoms with Crippen molar-refractivity contribution < 1.29 is 33.3 Å². The maximum atomic E-state index is 14.0. The molecule has 49 heavy (non-hydrogen) atoms. The van der Waals surface area contributed by atoms with Crippen LogP contribution in [0.5, 0.6) is 28.7 Å². The zero-order valence-corrected chi connectivity index (χ0v) is 28.3. The number of ether oxygens (including phenoxy) is 5. The Bertz CT molecular complexity index is 1820. The molecule has 0 saturated carbocycles. The standard InChI is InChI=1S/C41H41NO7/c1-29(33-14-9-6-10-15-33)42(23-22-32-24-37(45-2)40(46-3)38(25-32)48-28-31-12-7-5-8-13-31)39(43)26-30-18-20-35(21-19-30)49-36-17-11-16-34(27-36)41(44)47-4/h5-21,24-25,27,29H,22-23,26,28H2,1-4H3/t29-/m0/s1. The maximum absolute atomic E-state index is 14.0. The molecule has 0 unspecified atom stereocenters. The van der Waals surface area contributed by atoms with Gasteiger partial charge in [-0.1, -0.05) is 78.9 Å². The van der Waals surface area contributed by atoms with Crippen LogP contribution < -0.4 is 18.9 Å². The van der Waals surface area contributed by atoms with E-state index in [1.807, 2.05) is 102 Å². The highest BCUT2D eigenvalue weighted by atomic mass is 16.5. The van der Waals surface area contributed by atoms with Crippen molar-refractivity contribution in [1.82, 2.24) is 4.90 Å². The average molecular weight is 660 g/mol. The molecular formula is C41H41NO7. The number of carbonyl (C=O) groups is 2. The first-order valence-electron chi connectivity index (χ1n) is 16.1. The number of benzene rings is 5. The second kappa shape index (κ2) is 16.9. The SMILES string of the molecule is COC(=O)c1cccc(Oc2ccc(CC(=O)N(CCc3cc(OC)c(OC)c(OCc4ccccc4)c3)[C@@H](C)c3ccccc3)cc2)c1. The van der Waals surface area contributed by atoms with E-state index in [4.69, 9.17) is 23.7 Å². The first-order valence-corrected chi connectivity index (χ1v) is 16.1. The van der Waals surface area contributed by atoms with Gasteiger partial charge in [-0.2, -0.15) is 0 Å². The second-order valence-electron chi connectivity index (χ2n) is 11.5. The number of amides is 1. The van der Waals surface area contributed by atoms with E-state index in [1.165, 1.54) is 7.11 Å². The molecule has 0 aromatic heterocycles. The van der Waals surface area contributed by atoms with E-state index in [9.17, 15) is 9.59 Å². The third-order valence-electron chi connectivity index (χ3n) is 8.22. The summed E-state index contributed by atoms with van der Waals surface area (Å²) in [6.45, 7) is 2.90. The maximum Gasteiger partial charge on any atom is 0.337 e. The van der Waals surface area contributed by atoms with Crippen molar-refractivity contribution in [2.24, 2.45) is 0 Å². The van der Waals surface area contributed by atoms with E-state index in [1.54, 1.807) is 38.5 Å². The Balaban J connectivity index is 1.32. The number of nitrogens with zero attached hydrogens (tertiary/aromatic N) is 1. The predicted molar refractivity (Wildman–Crippen MR) is 189 cm³/mol. The molecule has 0 aliphatic carbocycles. The molecule has 8 heteroatoms. The van der Waals surface area contributed by atoms with Crippen molar-refractivity contribution in [3.8, 4) is 28.7 Å². The molecule has 0 fully saturated rings. The van der Waals surface area contributed by atoms with E-state index in [0.29, 0.717) is 53.9 Å². The van der Waals surface area contributed by atoms with Gasteiger partial charge in [0.15, 0.2) is 11.5 Å². The number of carbonyl (C=O) groups excluding carboxylic acids is 2. The van der Waals surface area contributed by atoms with Gasteiger partial charge in [0.2, 0.25) is 11.7 Å². The molecule has 0 aliphatic heterocycles. The largest absolute Gasteiger partial charge is 0.493 e. The Morgan fingerprint density at radius 3 is 2.04 bits per heavy atom. The van der Waals surface area contributed by atoms with E-state index < -0.39 is 5.97 Å². The van der Waals surface area contributed by atoms with Gasteiger partial charge in [-0.15, -0.1) is 0 Å². The minimum absolute atomic E-state index is 0.00294. The lowest BCUT2D eigenvalue weighted by Gasteiger charge is -2.30. The van der Waals surface area contributed by atoms with Crippen LogP contribution >= 0.6 is 0 Å². The van der Waals surface area contributed by atoms with Gasteiger partial charge in [-0.3, -0.25) is 4.79 Å². The topological polar surface area (TPSA) is 83.5 Å². The number of rotatable bonds is 15. The highest BCUT2D eigenvalue weighted by Gasteiger charge is 2.23. The zero-order valence-electron chi connectivity index (χ0n) is 28.3. The molecule has 1 amide bonds. The molecule has 5 aromatic rings. The zero-order chi connectivity index (χ0) is 34.6. The molecule has 0 N–H and O–H groups in total. The molecule has 0 bridgehead atoms.